The lowest BCUT2D eigenvalue weighted by Gasteiger charge is -2.21. The second-order valence-electron chi connectivity index (χ2n) is 10.9. The highest BCUT2D eigenvalue weighted by Gasteiger charge is 2.20. The SMILES string of the molecule is CCCCCCCCCCCCNC(=O)CCCOc1ccc(NC(NC(=O)Cc2cccc(Cl)c2)C(=O)NCC)cc1. The van der Waals surface area contributed by atoms with Crippen LogP contribution in [0.3, 0.4) is 0 Å². The minimum absolute atomic E-state index is 0.0629. The van der Waals surface area contributed by atoms with Gasteiger partial charge in [0.05, 0.1) is 13.0 Å². The van der Waals surface area contributed by atoms with E-state index in [1.54, 1.807) is 42.5 Å². The Kier molecular flexibility index (Phi) is 18.6. The Hall–Kier alpha value is -3.26. The summed E-state index contributed by atoms with van der Waals surface area (Å²) in [6.45, 7) is 5.67. The smallest absolute Gasteiger partial charge is 0.263 e. The fourth-order valence-electron chi connectivity index (χ4n) is 4.65. The number of amides is 3. The number of carbonyl (C=O) groups excluding carboxylic acids is 3. The van der Waals surface area contributed by atoms with Crippen molar-refractivity contribution in [1.29, 1.82) is 0 Å². The molecule has 238 valence electrons. The Morgan fingerprint density at radius 1 is 0.791 bits per heavy atom. The van der Waals surface area contributed by atoms with E-state index in [9.17, 15) is 14.4 Å². The summed E-state index contributed by atoms with van der Waals surface area (Å²) in [7, 11) is 0. The number of carbonyl (C=O) groups is 3. The van der Waals surface area contributed by atoms with Crippen LogP contribution in [0.2, 0.25) is 5.02 Å². The van der Waals surface area contributed by atoms with Gasteiger partial charge in [-0.25, -0.2) is 0 Å². The van der Waals surface area contributed by atoms with Gasteiger partial charge in [-0.3, -0.25) is 14.4 Å². The fraction of sp³-hybridized carbons (Fsp3) is 0.559. The Labute approximate surface area is 263 Å². The summed E-state index contributed by atoms with van der Waals surface area (Å²) in [6.07, 6.45) is 13.0. The van der Waals surface area contributed by atoms with E-state index in [1.807, 2.05) is 13.0 Å². The minimum Gasteiger partial charge on any atom is -0.494 e. The van der Waals surface area contributed by atoms with Crippen LogP contribution in [0.25, 0.3) is 0 Å². The second-order valence-corrected chi connectivity index (χ2v) is 11.3. The molecule has 1 unspecified atom stereocenters. The van der Waals surface area contributed by atoms with E-state index in [1.165, 1.54) is 57.8 Å². The fourth-order valence-corrected chi connectivity index (χ4v) is 4.87. The van der Waals surface area contributed by atoms with Crippen molar-refractivity contribution in [3.05, 3.63) is 59.1 Å². The molecule has 2 aromatic rings. The van der Waals surface area contributed by atoms with Gasteiger partial charge < -0.3 is 26.0 Å². The van der Waals surface area contributed by atoms with Crippen LogP contribution in [0, 0.1) is 0 Å². The third-order valence-corrected chi connectivity index (χ3v) is 7.24. The highest BCUT2D eigenvalue weighted by atomic mass is 35.5. The molecule has 0 aromatic heterocycles. The highest BCUT2D eigenvalue weighted by molar-refractivity contribution is 6.30. The van der Waals surface area contributed by atoms with Gasteiger partial charge in [-0.05, 0) is 61.7 Å². The number of hydrogen-bond acceptors (Lipinski definition) is 5. The maximum absolute atomic E-state index is 12.6. The summed E-state index contributed by atoms with van der Waals surface area (Å²) in [5, 5.41) is 12.1. The van der Waals surface area contributed by atoms with E-state index in [2.05, 4.69) is 28.2 Å². The van der Waals surface area contributed by atoms with Crippen molar-refractivity contribution in [3.63, 3.8) is 0 Å². The first-order chi connectivity index (χ1) is 20.9. The van der Waals surface area contributed by atoms with E-state index in [4.69, 9.17) is 16.3 Å². The number of likely N-dealkylation sites (N-methyl/N-ethyl adjacent to an activating group) is 1. The normalized spacial score (nSPS) is 11.4. The summed E-state index contributed by atoms with van der Waals surface area (Å²) < 4.78 is 5.79. The van der Waals surface area contributed by atoms with E-state index in [0.717, 1.165) is 18.5 Å². The van der Waals surface area contributed by atoms with E-state index in [0.29, 0.717) is 42.5 Å². The van der Waals surface area contributed by atoms with Crippen molar-refractivity contribution in [2.24, 2.45) is 0 Å². The molecule has 0 saturated carbocycles. The molecule has 4 N–H and O–H groups in total. The van der Waals surface area contributed by atoms with Gasteiger partial charge in [0.2, 0.25) is 11.8 Å². The molecule has 0 aliphatic rings. The molecule has 0 radical (unpaired) electrons. The van der Waals surface area contributed by atoms with Crippen LogP contribution in [0.1, 0.15) is 96.5 Å². The lowest BCUT2D eigenvalue weighted by molar-refractivity contribution is -0.128. The molecule has 3 amide bonds. The monoisotopic (exact) mass is 614 g/mol. The van der Waals surface area contributed by atoms with Crippen LogP contribution in [0.5, 0.6) is 5.75 Å². The Balaban J connectivity index is 1.63. The predicted molar refractivity (Wildman–Crippen MR) is 175 cm³/mol. The molecule has 0 fully saturated rings. The average Bonchev–Trinajstić information content (AvgIpc) is 2.98. The number of anilines is 1. The van der Waals surface area contributed by atoms with Crippen molar-refractivity contribution >= 4 is 35.0 Å². The van der Waals surface area contributed by atoms with Gasteiger partial charge in [0.15, 0.2) is 6.17 Å². The molecule has 0 aliphatic carbocycles. The third kappa shape index (κ3) is 16.8. The zero-order valence-electron chi connectivity index (χ0n) is 26.0. The first-order valence-electron chi connectivity index (χ1n) is 16.0. The number of halogens is 1. The maximum Gasteiger partial charge on any atom is 0.263 e. The molecule has 2 rings (SSSR count). The summed E-state index contributed by atoms with van der Waals surface area (Å²) in [5.74, 6) is 0.0796. The molecular weight excluding hydrogens is 564 g/mol. The van der Waals surface area contributed by atoms with Gasteiger partial charge in [0.25, 0.3) is 5.91 Å². The molecule has 0 saturated heterocycles. The number of nitrogens with one attached hydrogen (secondary N) is 4. The average molecular weight is 615 g/mol. The topological polar surface area (TPSA) is 109 Å². The summed E-state index contributed by atoms with van der Waals surface area (Å²) in [6, 6.07) is 14.2. The lowest BCUT2D eigenvalue weighted by atomic mass is 10.1. The lowest BCUT2D eigenvalue weighted by Crippen LogP contribution is -2.51. The summed E-state index contributed by atoms with van der Waals surface area (Å²) >= 11 is 6.02. The first kappa shape index (κ1) is 35.9. The maximum atomic E-state index is 12.6. The molecule has 9 heteroatoms. The van der Waals surface area contributed by atoms with Crippen LogP contribution in [-0.2, 0) is 20.8 Å². The number of rotatable bonds is 23. The quantitative estimate of drug-likeness (QED) is 0.0816. The molecule has 0 bridgehead atoms. The number of hydrogen-bond donors (Lipinski definition) is 4. The van der Waals surface area contributed by atoms with Crippen LogP contribution in [0.4, 0.5) is 5.69 Å². The van der Waals surface area contributed by atoms with Crippen molar-refractivity contribution in [1.82, 2.24) is 16.0 Å². The predicted octanol–water partition coefficient (Wildman–Crippen LogP) is 6.77. The molecule has 0 spiro atoms. The first-order valence-corrected chi connectivity index (χ1v) is 16.4. The molecule has 8 nitrogen and oxygen atoms in total. The van der Waals surface area contributed by atoms with Crippen LogP contribution >= 0.6 is 11.6 Å². The molecule has 43 heavy (non-hydrogen) atoms. The molecule has 2 aromatic carbocycles. The van der Waals surface area contributed by atoms with Crippen molar-refractivity contribution in [2.75, 3.05) is 25.0 Å². The summed E-state index contributed by atoms with van der Waals surface area (Å²) in [4.78, 5) is 37.3. The standard InChI is InChI=1S/C34H51ClN4O4/c1-3-5-6-7-8-9-10-11-12-13-23-37-31(40)18-15-24-43-30-21-19-29(20-22-30)38-33(34(42)36-4-2)39-32(41)26-27-16-14-17-28(35)25-27/h14,16-17,19-22,25,33,38H,3-13,15,18,23-24,26H2,1-2H3,(H,36,42)(H,37,40)(H,39,41). The van der Waals surface area contributed by atoms with Gasteiger partial charge in [0, 0.05) is 30.2 Å². The molecule has 1 atom stereocenters. The van der Waals surface area contributed by atoms with Crippen molar-refractivity contribution in [2.45, 2.75) is 103 Å². The van der Waals surface area contributed by atoms with E-state index < -0.39 is 6.17 Å². The number of benzene rings is 2. The number of ether oxygens (including phenoxy) is 1. The third-order valence-electron chi connectivity index (χ3n) is 7.01. The zero-order valence-corrected chi connectivity index (χ0v) is 26.8. The summed E-state index contributed by atoms with van der Waals surface area (Å²) in [5.41, 5.74) is 1.41. The Bertz CT molecular complexity index is 1080. The van der Waals surface area contributed by atoms with Crippen molar-refractivity contribution < 1.29 is 19.1 Å². The van der Waals surface area contributed by atoms with Gasteiger partial charge >= 0.3 is 0 Å². The van der Waals surface area contributed by atoms with Crippen LogP contribution in [0.15, 0.2) is 48.5 Å². The largest absolute Gasteiger partial charge is 0.494 e. The van der Waals surface area contributed by atoms with Crippen molar-refractivity contribution in [3.8, 4) is 5.75 Å². The van der Waals surface area contributed by atoms with E-state index >= 15 is 0 Å². The van der Waals surface area contributed by atoms with Gasteiger partial charge in [-0.1, -0.05) is 88.4 Å². The van der Waals surface area contributed by atoms with Gasteiger partial charge in [0.1, 0.15) is 5.75 Å². The number of unbranched alkanes of at least 4 members (excludes halogenated alkanes) is 9. The highest BCUT2D eigenvalue weighted by Crippen LogP contribution is 2.17. The molecular formula is C34H51ClN4O4. The van der Waals surface area contributed by atoms with Gasteiger partial charge in [-0.15, -0.1) is 0 Å². The Morgan fingerprint density at radius 3 is 2.12 bits per heavy atom. The minimum atomic E-state index is -0.947. The van der Waals surface area contributed by atoms with Gasteiger partial charge in [-0.2, -0.15) is 0 Å². The van der Waals surface area contributed by atoms with Crippen LogP contribution in [-0.4, -0.2) is 43.6 Å². The second kappa shape index (κ2) is 22.3. The molecule has 0 aliphatic heterocycles. The van der Waals surface area contributed by atoms with Crippen LogP contribution < -0.4 is 26.0 Å². The van der Waals surface area contributed by atoms with E-state index in [-0.39, 0.29) is 24.1 Å². The zero-order chi connectivity index (χ0) is 31.1. The molecule has 0 heterocycles. The Morgan fingerprint density at radius 2 is 1.47 bits per heavy atom.